The third-order valence-corrected chi connectivity index (χ3v) is 2.26. The lowest BCUT2D eigenvalue weighted by Crippen LogP contribution is -2.04. The molecule has 1 aliphatic rings. The molecule has 1 heterocycles. The Morgan fingerprint density at radius 1 is 1.36 bits per heavy atom. The zero-order chi connectivity index (χ0) is 9.80. The number of hydrogen-bond acceptors (Lipinski definition) is 1. The van der Waals surface area contributed by atoms with Gasteiger partial charge in [-0.05, 0) is 30.6 Å². The number of para-hydroxylation sites is 1. The number of benzene rings is 1. The number of allylic oxidation sites excluding steroid dienone is 2. The lowest BCUT2D eigenvalue weighted by atomic mass is 10.1. The van der Waals surface area contributed by atoms with Crippen LogP contribution < -0.4 is 4.74 Å². The summed E-state index contributed by atoms with van der Waals surface area (Å²) in [6, 6.07) is 8.05. The summed E-state index contributed by atoms with van der Waals surface area (Å²) in [5.41, 5.74) is 1.23. The summed E-state index contributed by atoms with van der Waals surface area (Å²) >= 11 is 0. The van der Waals surface area contributed by atoms with Gasteiger partial charge in [-0.2, -0.15) is 0 Å². The van der Waals surface area contributed by atoms with E-state index in [9.17, 15) is 0 Å². The molecule has 0 saturated carbocycles. The van der Waals surface area contributed by atoms with Gasteiger partial charge in [0.2, 0.25) is 0 Å². The van der Waals surface area contributed by atoms with Crippen molar-refractivity contribution in [1.82, 2.24) is 0 Å². The van der Waals surface area contributed by atoms with Crippen LogP contribution in [0, 0.1) is 12.3 Å². The predicted molar refractivity (Wildman–Crippen MR) is 55.2 cm³/mol. The second-order valence-corrected chi connectivity index (χ2v) is 3.26. The maximum atomic E-state index is 6.83. The fourth-order valence-corrected chi connectivity index (χ4v) is 1.52. The molecule has 0 bridgehead atoms. The van der Waals surface area contributed by atoms with Gasteiger partial charge in [-0.1, -0.05) is 24.1 Å². The summed E-state index contributed by atoms with van der Waals surface area (Å²) in [5, 5.41) is 0. The number of ether oxygens (including phenoxy) is 1. The highest BCUT2D eigenvalue weighted by molar-refractivity contribution is 5.38. The summed E-state index contributed by atoms with van der Waals surface area (Å²) in [4.78, 5) is 0. The van der Waals surface area contributed by atoms with Crippen molar-refractivity contribution in [2.45, 2.75) is 19.3 Å². The first-order valence-corrected chi connectivity index (χ1v) is 4.74. The number of fused-ring (bicyclic) bond motifs is 1. The van der Waals surface area contributed by atoms with E-state index in [1.165, 1.54) is 5.56 Å². The van der Waals surface area contributed by atoms with Crippen molar-refractivity contribution >= 4 is 0 Å². The molecular weight excluding hydrogens is 172 g/mol. The molecule has 1 aromatic rings. The van der Waals surface area contributed by atoms with Gasteiger partial charge in [0.05, 0.1) is 0 Å². The average molecular weight is 183 g/mol. The molecule has 1 nitrogen and oxygen atoms in total. The Balaban J connectivity index is 2.10. The maximum Gasteiger partial charge on any atom is 0.130 e. The molecular formula is C13H11O. The lowest BCUT2D eigenvalue weighted by Gasteiger charge is -2.17. The van der Waals surface area contributed by atoms with Gasteiger partial charge < -0.3 is 4.74 Å². The third-order valence-electron chi connectivity index (χ3n) is 2.26. The van der Waals surface area contributed by atoms with E-state index in [1.54, 1.807) is 0 Å². The normalized spacial score (nSPS) is 13.5. The molecule has 2 rings (SSSR count). The van der Waals surface area contributed by atoms with Gasteiger partial charge in [-0.3, -0.25) is 0 Å². The molecule has 0 saturated heterocycles. The van der Waals surface area contributed by atoms with Gasteiger partial charge in [0.1, 0.15) is 11.5 Å². The zero-order valence-electron chi connectivity index (χ0n) is 7.92. The standard InChI is InChI=1S/C13H11O/c1-2-3-7-12-10-9-11-6-4-5-8-13(11)14-12/h4-6,8,10H,3,7,9H2. The van der Waals surface area contributed by atoms with Crippen molar-refractivity contribution in [3.8, 4) is 11.7 Å². The topological polar surface area (TPSA) is 9.23 Å². The van der Waals surface area contributed by atoms with Crippen molar-refractivity contribution in [1.29, 1.82) is 0 Å². The minimum absolute atomic E-state index is 0.633. The molecule has 1 radical (unpaired) electrons. The van der Waals surface area contributed by atoms with E-state index in [2.05, 4.69) is 18.1 Å². The van der Waals surface area contributed by atoms with Gasteiger partial charge >= 0.3 is 0 Å². The first-order chi connectivity index (χ1) is 6.90. The van der Waals surface area contributed by atoms with E-state index in [0.29, 0.717) is 6.42 Å². The molecule has 0 N–H and O–H groups in total. The fraction of sp³-hybridized carbons (Fsp3) is 0.231. The van der Waals surface area contributed by atoms with Crippen molar-refractivity contribution in [2.75, 3.05) is 0 Å². The van der Waals surface area contributed by atoms with Crippen LogP contribution in [0.5, 0.6) is 5.75 Å². The van der Waals surface area contributed by atoms with Crippen LogP contribution in [0.3, 0.4) is 0 Å². The highest BCUT2D eigenvalue weighted by Gasteiger charge is 2.10. The maximum absolute atomic E-state index is 6.83. The summed E-state index contributed by atoms with van der Waals surface area (Å²) in [7, 11) is 0. The molecule has 0 unspecified atom stereocenters. The van der Waals surface area contributed by atoms with Crippen LogP contribution in [0.1, 0.15) is 18.4 Å². The molecule has 1 heteroatoms. The predicted octanol–water partition coefficient (Wildman–Crippen LogP) is 2.88. The fourth-order valence-electron chi connectivity index (χ4n) is 1.52. The number of hydrogen-bond donors (Lipinski definition) is 0. The van der Waals surface area contributed by atoms with Crippen molar-refractivity contribution in [3.63, 3.8) is 0 Å². The van der Waals surface area contributed by atoms with E-state index in [1.807, 2.05) is 18.2 Å². The van der Waals surface area contributed by atoms with E-state index in [-0.39, 0.29) is 0 Å². The van der Waals surface area contributed by atoms with Gasteiger partial charge in [-0.15, -0.1) is 0 Å². The third kappa shape index (κ3) is 1.80. The van der Waals surface area contributed by atoms with Crippen molar-refractivity contribution in [2.24, 2.45) is 0 Å². The van der Waals surface area contributed by atoms with Gasteiger partial charge in [0, 0.05) is 12.8 Å². The van der Waals surface area contributed by atoms with Crippen LogP contribution >= 0.6 is 0 Å². The molecule has 1 aromatic carbocycles. The van der Waals surface area contributed by atoms with E-state index >= 15 is 0 Å². The monoisotopic (exact) mass is 183 g/mol. The molecule has 0 amide bonds. The largest absolute Gasteiger partial charge is 0.462 e. The Kier molecular flexibility index (Phi) is 2.55. The number of rotatable bonds is 2. The van der Waals surface area contributed by atoms with E-state index < -0.39 is 0 Å². The Bertz CT molecular complexity index is 396. The van der Waals surface area contributed by atoms with Crippen LogP contribution in [0.25, 0.3) is 0 Å². The quantitative estimate of drug-likeness (QED) is 0.640. The summed E-state index contributed by atoms with van der Waals surface area (Å²) < 4.78 is 5.67. The van der Waals surface area contributed by atoms with E-state index in [0.717, 1.165) is 24.4 Å². The second-order valence-electron chi connectivity index (χ2n) is 3.26. The molecule has 1 aliphatic heterocycles. The summed E-state index contributed by atoms with van der Waals surface area (Å²) in [5.74, 6) is 4.28. The van der Waals surface area contributed by atoms with Gasteiger partial charge in [0.15, 0.2) is 0 Å². The lowest BCUT2D eigenvalue weighted by molar-refractivity contribution is 0.390. The molecule has 14 heavy (non-hydrogen) atoms. The molecule has 0 spiro atoms. The molecule has 0 aliphatic carbocycles. The van der Waals surface area contributed by atoms with Crippen LogP contribution in [-0.2, 0) is 6.42 Å². The van der Waals surface area contributed by atoms with E-state index in [4.69, 9.17) is 11.2 Å². The van der Waals surface area contributed by atoms with Crippen LogP contribution in [0.4, 0.5) is 0 Å². The van der Waals surface area contributed by atoms with Crippen LogP contribution in [0.2, 0.25) is 0 Å². The average Bonchev–Trinajstić information content (AvgIpc) is 2.26. The van der Waals surface area contributed by atoms with Crippen LogP contribution in [-0.4, -0.2) is 0 Å². The Morgan fingerprint density at radius 3 is 3.07 bits per heavy atom. The summed E-state index contributed by atoms with van der Waals surface area (Å²) in [6.07, 6.45) is 11.3. The molecule has 0 aromatic heterocycles. The molecule has 0 fully saturated rings. The summed E-state index contributed by atoms with van der Waals surface area (Å²) in [6.45, 7) is 0. The SMILES string of the molecule is [C]#CCCC1=CCc2ccccc2O1. The highest BCUT2D eigenvalue weighted by Crippen LogP contribution is 2.27. The minimum Gasteiger partial charge on any atom is -0.462 e. The highest BCUT2D eigenvalue weighted by atomic mass is 16.5. The van der Waals surface area contributed by atoms with Crippen molar-refractivity contribution < 1.29 is 4.74 Å². The Labute approximate surface area is 84.4 Å². The van der Waals surface area contributed by atoms with Crippen molar-refractivity contribution in [3.05, 3.63) is 48.1 Å². The zero-order valence-corrected chi connectivity index (χ0v) is 7.92. The second kappa shape index (κ2) is 4.02. The van der Waals surface area contributed by atoms with Crippen LogP contribution in [0.15, 0.2) is 36.1 Å². The smallest absolute Gasteiger partial charge is 0.130 e. The minimum atomic E-state index is 0.633. The Hall–Kier alpha value is -1.68. The molecule has 0 atom stereocenters. The van der Waals surface area contributed by atoms with Gasteiger partial charge in [0.25, 0.3) is 0 Å². The first kappa shape index (κ1) is 8.90. The molecule has 69 valence electrons. The first-order valence-electron chi connectivity index (χ1n) is 4.74. The Morgan fingerprint density at radius 2 is 2.21 bits per heavy atom. The van der Waals surface area contributed by atoms with Gasteiger partial charge in [-0.25, -0.2) is 0 Å².